The number of unbranched alkanes of at least 4 members (excludes halogenated alkanes) is 1. The van der Waals surface area contributed by atoms with Gasteiger partial charge < -0.3 is 4.90 Å². The fourth-order valence-electron chi connectivity index (χ4n) is 2.52. The average Bonchev–Trinajstić information content (AvgIpc) is 2.96. The van der Waals surface area contributed by atoms with Crippen molar-refractivity contribution in [1.29, 1.82) is 0 Å². The number of nitrogens with zero attached hydrogens (tertiary/aromatic N) is 1. The summed E-state index contributed by atoms with van der Waals surface area (Å²) in [5.41, 5.74) is 1.60. The molecule has 0 bridgehead atoms. The summed E-state index contributed by atoms with van der Waals surface area (Å²) in [5.74, 6) is 2.79. The molecule has 1 aromatic carbocycles. The molecule has 0 amide bonds. The van der Waals surface area contributed by atoms with E-state index in [1.165, 1.54) is 25.9 Å². The van der Waals surface area contributed by atoms with Crippen LogP contribution < -0.4 is 0 Å². The van der Waals surface area contributed by atoms with Gasteiger partial charge in [-0.3, -0.25) is 4.79 Å². The van der Waals surface area contributed by atoms with E-state index in [1.807, 2.05) is 24.3 Å². The second kappa shape index (κ2) is 7.11. The number of likely N-dealkylation sites (tertiary alicyclic amines) is 1. The smallest absolute Gasteiger partial charge is 0.162 e. The van der Waals surface area contributed by atoms with Gasteiger partial charge in [-0.05, 0) is 57.5 Å². The summed E-state index contributed by atoms with van der Waals surface area (Å²) in [7, 11) is 0. The lowest BCUT2D eigenvalue weighted by molar-refractivity contribution is 0.0978. The van der Waals surface area contributed by atoms with Crippen LogP contribution in [0.5, 0.6) is 0 Å². The first-order chi connectivity index (χ1) is 9.29. The Morgan fingerprint density at radius 1 is 1.16 bits per heavy atom. The molecule has 0 radical (unpaired) electrons. The minimum Gasteiger partial charge on any atom is -0.303 e. The van der Waals surface area contributed by atoms with E-state index in [1.54, 1.807) is 0 Å². The predicted octanol–water partition coefficient (Wildman–Crippen LogP) is 3.12. The van der Waals surface area contributed by atoms with Crippen molar-refractivity contribution in [2.45, 2.75) is 32.1 Å². The van der Waals surface area contributed by atoms with Gasteiger partial charge in [0.25, 0.3) is 0 Å². The van der Waals surface area contributed by atoms with Crippen LogP contribution in [0, 0.1) is 12.3 Å². The molecule has 1 fully saturated rings. The molecular weight excluding hydrogens is 234 g/mol. The quantitative estimate of drug-likeness (QED) is 0.442. The molecule has 1 saturated heterocycles. The van der Waals surface area contributed by atoms with Gasteiger partial charge in [0.1, 0.15) is 0 Å². The lowest BCUT2D eigenvalue weighted by Gasteiger charge is -2.13. The van der Waals surface area contributed by atoms with Crippen LogP contribution in [-0.4, -0.2) is 30.3 Å². The van der Waals surface area contributed by atoms with Crippen LogP contribution >= 0.6 is 0 Å². The van der Waals surface area contributed by atoms with Crippen molar-refractivity contribution >= 4 is 5.78 Å². The number of hydrogen-bond donors (Lipinski definition) is 0. The fraction of sp³-hybridized carbons (Fsp3) is 0.471. The first kappa shape index (κ1) is 13.8. The molecule has 0 unspecified atom stereocenters. The van der Waals surface area contributed by atoms with Gasteiger partial charge in [-0.15, -0.1) is 6.42 Å². The molecule has 0 atom stereocenters. The molecule has 0 aliphatic carbocycles. The van der Waals surface area contributed by atoms with E-state index in [0.29, 0.717) is 6.42 Å². The van der Waals surface area contributed by atoms with Crippen LogP contribution in [0.3, 0.4) is 0 Å². The SMILES string of the molecule is C#Cc1ccc(C(=O)CCCCN2CCCC2)cc1. The highest BCUT2D eigenvalue weighted by Gasteiger charge is 2.11. The van der Waals surface area contributed by atoms with Crippen molar-refractivity contribution < 1.29 is 4.79 Å². The zero-order valence-corrected chi connectivity index (χ0v) is 11.4. The number of carbonyl (C=O) groups is 1. The number of hydrogen-bond acceptors (Lipinski definition) is 2. The molecule has 1 aromatic rings. The van der Waals surface area contributed by atoms with Crippen LogP contribution in [-0.2, 0) is 0 Å². The molecule has 2 nitrogen and oxygen atoms in total. The van der Waals surface area contributed by atoms with E-state index >= 15 is 0 Å². The Balaban J connectivity index is 1.69. The monoisotopic (exact) mass is 255 g/mol. The second-order valence-electron chi connectivity index (χ2n) is 5.15. The summed E-state index contributed by atoms with van der Waals surface area (Å²) in [6.45, 7) is 3.62. The largest absolute Gasteiger partial charge is 0.303 e. The third kappa shape index (κ3) is 4.22. The third-order valence-electron chi connectivity index (χ3n) is 3.70. The third-order valence-corrected chi connectivity index (χ3v) is 3.70. The minimum absolute atomic E-state index is 0.227. The summed E-state index contributed by atoms with van der Waals surface area (Å²) in [6, 6.07) is 7.32. The molecule has 0 aromatic heterocycles. The molecule has 2 rings (SSSR count). The Labute approximate surface area is 115 Å². The van der Waals surface area contributed by atoms with E-state index in [2.05, 4.69) is 10.8 Å². The Morgan fingerprint density at radius 3 is 2.47 bits per heavy atom. The number of terminal acetylenes is 1. The van der Waals surface area contributed by atoms with E-state index in [-0.39, 0.29) is 5.78 Å². The standard InChI is InChI=1S/C17H21NO/c1-2-15-8-10-16(11-9-15)17(19)7-3-4-12-18-13-5-6-14-18/h1,8-11H,3-7,12-14H2. The Morgan fingerprint density at radius 2 is 1.84 bits per heavy atom. The normalized spacial score (nSPS) is 15.3. The maximum atomic E-state index is 12.0. The molecule has 0 saturated carbocycles. The molecule has 19 heavy (non-hydrogen) atoms. The molecule has 0 N–H and O–H groups in total. The maximum Gasteiger partial charge on any atom is 0.162 e. The van der Waals surface area contributed by atoms with E-state index < -0.39 is 0 Å². The molecule has 0 spiro atoms. The lowest BCUT2D eigenvalue weighted by Crippen LogP contribution is -2.20. The van der Waals surface area contributed by atoms with Gasteiger partial charge in [-0.1, -0.05) is 18.1 Å². The number of carbonyl (C=O) groups excluding carboxylic acids is 1. The molecule has 1 aliphatic heterocycles. The molecule has 1 heterocycles. The van der Waals surface area contributed by atoms with Crippen molar-refractivity contribution in [3.63, 3.8) is 0 Å². The van der Waals surface area contributed by atoms with E-state index in [0.717, 1.165) is 30.5 Å². The number of ketones is 1. The van der Waals surface area contributed by atoms with Crippen LogP contribution in [0.2, 0.25) is 0 Å². The number of Topliss-reactive ketones (excluding diaryl/α,β-unsaturated/α-hetero) is 1. The Hall–Kier alpha value is -1.59. The predicted molar refractivity (Wildman–Crippen MR) is 78.2 cm³/mol. The van der Waals surface area contributed by atoms with Crippen molar-refractivity contribution in [2.75, 3.05) is 19.6 Å². The second-order valence-corrected chi connectivity index (χ2v) is 5.15. The highest BCUT2D eigenvalue weighted by Crippen LogP contribution is 2.11. The van der Waals surface area contributed by atoms with Gasteiger partial charge in [0, 0.05) is 17.5 Å². The van der Waals surface area contributed by atoms with Crippen molar-refractivity contribution in [3.05, 3.63) is 35.4 Å². The fourth-order valence-corrected chi connectivity index (χ4v) is 2.52. The molecule has 2 heteroatoms. The van der Waals surface area contributed by atoms with Crippen molar-refractivity contribution in [3.8, 4) is 12.3 Å². The zero-order valence-electron chi connectivity index (χ0n) is 11.4. The first-order valence-corrected chi connectivity index (χ1v) is 7.12. The topological polar surface area (TPSA) is 20.3 Å². The summed E-state index contributed by atoms with van der Waals surface area (Å²) >= 11 is 0. The van der Waals surface area contributed by atoms with Gasteiger partial charge in [0.05, 0.1) is 0 Å². The van der Waals surface area contributed by atoms with Gasteiger partial charge in [-0.25, -0.2) is 0 Å². The highest BCUT2D eigenvalue weighted by molar-refractivity contribution is 5.96. The molecular formula is C17H21NO. The van der Waals surface area contributed by atoms with Crippen LogP contribution in [0.25, 0.3) is 0 Å². The summed E-state index contributed by atoms with van der Waals surface area (Å²) in [5, 5.41) is 0. The minimum atomic E-state index is 0.227. The van der Waals surface area contributed by atoms with Crippen molar-refractivity contribution in [1.82, 2.24) is 4.90 Å². The van der Waals surface area contributed by atoms with Crippen LogP contribution in [0.4, 0.5) is 0 Å². The lowest BCUT2D eigenvalue weighted by atomic mass is 10.0. The summed E-state index contributed by atoms with van der Waals surface area (Å²) in [4.78, 5) is 14.5. The number of rotatable bonds is 6. The van der Waals surface area contributed by atoms with Gasteiger partial charge in [0.15, 0.2) is 5.78 Å². The van der Waals surface area contributed by atoms with E-state index in [4.69, 9.17) is 6.42 Å². The summed E-state index contributed by atoms with van der Waals surface area (Å²) < 4.78 is 0. The average molecular weight is 255 g/mol. The van der Waals surface area contributed by atoms with Crippen LogP contribution in [0.1, 0.15) is 48.0 Å². The molecule has 100 valence electrons. The highest BCUT2D eigenvalue weighted by atomic mass is 16.1. The van der Waals surface area contributed by atoms with Crippen molar-refractivity contribution in [2.24, 2.45) is 0 Å². The Kier molecular flexibility index (Phi) is 5.18. The molecule has 1 aliphatic rings. The maximum absolute atomic E-state index is 12.0. The summed E-state index contributed by atoms with van der Waals surface area (Å²) in [6.07, 6.45) is 10.7. The Bertz CT molecular complexity index is 449. The van der Waals surface area contributed by atoms with Crippen LogP contribution in [0.15, 0.2) is 24.3 Å². The van der Waals surface area contributed by atoms with E-state index in [9.17, 15) is 4.79 Å². The first-order valence-electron chi connectivity index (χ1n) is 7.12. The zero-order chi connectivity index (χ0) is 13.5. The van der Waals surface area contributed by atoms with Gasteiger partial charge >= 0.3 is 0 Å². The van der Waals surface area contributed by atoms with Gasteiger partial charge in [-0.2, -0.15) is 0 Å². The van der Waals surface area contributed by atoms with Gasteiger partial charge in [0.2, 0.25) is 0 Å². The number of benzene rings is 1.